The third-order valence-corrected chi connectivity index (χ3v) is 1.34. The van der Waals surface area contributed by atoms with E-state index < -0.39 is 0 Å². The Kier molecular flexibility index (Phi) is 3.77. The van der Waals surface area contributed by atoms with Crippen LogP contribution in [-0.4, -0.2) is 17.4 Å². The number of hydrogen-bond acceptors (Lipinski definition) is 1. The van der Waals surface area contributed by atoms with E-state index in [9.17, 15) is 4.79 Å². The Hall–Kier alpha value is -0.790. The minimum atomic E-state index is 0.0675. The topological polar surface area (TPSA) is 20.3 Å². The maximum Gasteiger partial charge on any atom is 0.229 e. The lowest BCUT2D eigenvalue weighted by Crippen LogP contribution is -2.28. The molecular weight excluding hydrogens is 126 g/mol. The van der Waals surface area contributed by atoms with Crippen LogP contribution in [0, 0.1) is 5.92 Å². The summed E-state index contributed by atoms with van der Waals surface area (Å²) in [5.74, 6) is 0.204. The first kappa shape index (κ1) is 9.21. The maximum absolute atomic E-state index is 11.2. The zero-order valence-corrected chi connectivity index (χ0v) is 6.92. The molecule has 0 aliphatic carbocycles. The lowest BCUT2D eigenvalue weighted by molar-refractivity contribution is -0.131. The van der Waals surface area contributed by atoms with Crippen LogP contribution in [0.3, 0.4) is 0 Å². The molecule has 0 radical (unpaired) electrons. The fraction of sp³-hybridized carbons (Fsp3) is 0.625. The predicted octanol–water partition coefficient (Wildman–Crippen LogP) is 1.63. The third kappa shape index (κ3) is 2.21. The molecule has 0 aromatic carbocycles. The van der Waals surface area contributed by atoms with Gasteiger partial charge in [-0.1, -0.05) is 20.4 Å². The molecule has 10 heavy (non-hydrogen) atoms. The molecule has 0 unspecified atom stereocenters. The molecule has 0 spiro atoms. The van der Waals surface area contributed by atoms with E-state index in [0.717, 1.165) is 0 Å². The standard InChI is InChI=1S/C8H15NO/c1-5-9(6-2)8(10)7(3)4/h5,7H,1,6H2,2-4H3. The van der Waals surface area contributed by atoms with Gasteiger partial charge in [-0.15, -0.1) is 0 Å². The van der Waals surface area contributed by atoms with Gasteiger partial charge in [-0.2, -0.15) is 0 Å². The molecule has 2 heteroatoms. The molecule has 0 fully saturated rings. The largest absolute Gasteiger partial charge is 0.320 e. The molecule has 0 aliphatic rings. The van der Waals surface area contributed by atoms with Gasteiger partial charge in [0.15, 0.2) is 0 Å². The monoisotopic (exact) mass is 141 g/mol. The van der Waals surface area contributed by atoms with Crippen LogP contribution in [0.15, 0.2) is 12.8 Å². The van der Waals surface area contributed by atoms with Crippen molar-refractivity contribution < 1.29 is 4.79 Å². The molecule has 0 heterocycles. The van der Waals surface area contributed by atoms with Gasteiger partial charge in [0.25, 0.3) is 0 Å². The Morgan fingerprint density at radius 1 is 1.70 bits per heavy atom. The smallest absolute Gasteiger partial charge is 0.229 e. The molecule has 2 nitrogen and oxygen atoms in total. The number of amides is 1. The molecule has 0 aromatic rings. The summed E-state index contributed by atoms with van der Waals surface area (Å²) in [7, 11) is 0. The van der Waals surface area contributed by atoms with Crippen molar-refractivity contribution in [3.63, 3.8) is 0 Å². The van der Waals surface area contributed by atoms with E-state index in [-0.39, 0.29) is 11.8 Å². The Labute approximate surface area is 62.5 Å². The highest BCUT2D eigenvalue weighted by Crippen LogP contribution is 2.00. The van der Waals surface area contributed by atoms with E-state index in [1.165, 1.54) is 0 Å². The third-order valence-electron chi connectivity index (χ3n) is 1.34. The van der Waals surface area contributed by atoms with Gasteiger partial charge in [-0.05, 0) is 13.1 Å². The average molecular weight is 141 g/mol. The number of nitrogens with zero attached hydrogens (tertiary/aromatic N) is 1. The summed E-state index contributed by atoms with van der Waals surface area (Å²) in [6.07, 6.45) is 1.57. The van der Waals surface area contributed by atoms with Crippen molar-refractivity contribution in [2.24, 2.45) is 5.92 Å². The Balaban J connectivity index is 4.02. The molecule has 1 amide bonds. The van der Waals surface area contributed by atoms with Crippen molar-refractivity contribution in [2.75, 3.05) is 6.54 Å². The van der Waals surface area contributed by atoms with Crippen LogP contribution < -0.4 is 0 Å². The van der Waals surface area contributed by atoms with Crippen LogP contribution in [0.5, 0.6) is 0 Å². The van der Waals surface area contributed by atoms with Crippen LogP contribution in [0.2, 0.25) is 0 Å². The summed E-state index contributed by atoms with van der Waals surface area (Å²) in [4.78, 5) is 12.8. The number of rotatable bonds is 3. The molecule has 0 rings (SSSR count). The maximum atomic E-state index is 11.2. The molecule has 58 valence electrons. The Morgan fingerprint density at radius 2 is 2.20 bits per heavy atom. The second-order valence-corrected chi connectivity index (χ2v) is 2.46. The van der Waals surface area contributed by atoms with Gasteiger partial charge in [0.05, 0.1) is 0 Å². The number of carbonyl (C=O) groups excluding carboxylic acids is 1. The molecule has 0 bridgehead atoms. The van der Waals surface area contributed by atoms with Gasteiger partial charge in [0.2, 0.25) is 5.91 Å². The van der Waals surface area contributed by atoms with Crippen molar-refractivity contribution in [3.8, 4) is 0 Å². The van der Waals surface area contributed by atoms with E-state index >= 15 is 0 Å². The quantitative estimate of drug-likeness (QED) is 0.585. The molecule has 0 N–H and O–H groups in total. The van der Waals surface area contributed by atoms with Gasteiger partial charge in [-0.3, -0.25) is 4.79 Å². The summed E-state index contributed by atoms with van der Waals surface area (Å²) in [6.45, 7) is 9.95. The molecule has 0 aliphatic heterocycles. The lowest BCUT2D eigenvalue weighted by Gasteiger charge is -2.17. The molecule has 0 saturated carbocycles. The fourth-order valence-electron chi connectivity index (χ4n) is 0.707. The summed E-state index contributed by atoms with van der Waals surface area (Å²) in [6, 6.07) is 0. The first-order valence-corrected chi connectivity index (χ1v) is 3.56. The van der Waals surface area contributed by atoms with Gasteiger partial charge >= 0.3 is 0 Å². The van der Waals surface area contributed by atoms with Crippen LogP contribution in [-0.2, 0) is 4.79 Å². The van der Waals surface area contributed by atoms with E-state index in [1.54, 1.807) is 11.1 Å². The molecular formula is C8H15NO. The molecule has 0 saturated heterocycles. The molecule has 0 aromatic heterocycles. The van der Waals surface area contributed by atoms with Crippen molar-refractivity contribution >= 4 is 5.91 Å². The average Bonchev–Trinajstić information content (AvgIpc) is 1.90. The summed E-state index contributed by atoms with van der Waals surface area (Å²) < 4.78 is 0. The van der Waals surface area contributed by atoms with E-state index in [1.807, 2.05) is 20.8 Å². The highest BCUT2D eigenvalue weighted by atomic mass is 16.2. The summed E-state index contributed by atoms with van der Waals surface area (Å²) in [5, 5.41) is 0. The van der Waals surface area contributed by atoms with E-state index in [0.29, 0.717) is 6.54 Å². The van der Waals surface area contributed by atoms with E-state index in [2.05, 4.69) is 6.58 Å². The van der Waals surface area contributed by atoms with Crippen molar-refractivity contribution in [2.45, 2.75) is 20.8 Å². The summed E-state index contributed by atoms with van der Waals surface area (Å²) >= 11 is 0. The van der Waals surface area contributed by atoms with Gasteiger partial charge in [0.1, 0.15) is 0 Å². The second kappa shape index (κ2) is 4.09. The molecule has 0 atom stereocenters. The first-order chi connectivity index (χ1) is 4.63. The number of hydrogen-bond donors (Lipinski definition) is 0. The van der Waals surface area contributed by atoms with Crippen molar-refractivity contribution in [1.29, 1.82) is 0 Å². The van der Waals surface area contributed by atoms with Gasteiger partial charge < -0.3 is 4.90 Å². The zero-order valence-electron chi connectivity index (χ0n) is 6.92. The Bertz CT molecular complexity index is 129. The van der Waals surface area contributed by atoms with Crippen LogP contribution >= 0.6 is 0 Å². The number of carbonyl (C=O) groups is 1. The van der Waals surface area contributed by atoms with E-state index in [4.69, 9.17) is 0 Å². The van der Waals surface area contributed by atoms with Gasteiger partial charge in [0, 0.05) is 12.5 Å². The lowest BCUT2D eigenvalue weighted by atomic mass is 10.2. The fourth-order valence-corrected chi connectivity index (χ4v) is 0.707. The van der Waals surface area contributed by atoms with Crippen molar-refractivity contribution in [3.05, 3.63) is 12.8 Å². The van der Waals surface area contributed by atoms with Crippen LogP contribution in [0.25, 0.3) is 0 Å². The normalized spacial score (nSPS) is 9.60. The summed E-state index contributed by atoms with van der Waals surface area (Å²) in [5.41, 5.74) is 0. The minimum Gasteiger partial charge on any atom is -0.320 e. The van der Waals surface area contributed by atoms with Crippen LogP contribution in [0.4, 0.5) is 0 Å². The highest BCUT2D eigenvalue weighted by Gasteiger charge is 2.11. The minimum absolute atomic E-state index is 0.0675. The highest BCUT2D eigenvalue weighted by molar-refractivity contribution is 5.78. The predicted molar refractivity (Wildman–Crippen MR) is 42.4 cm³/mol. The Morgan fingerprint density at radius 3 is 2.30 bits per heavy atom. The SMILES string of the molecule is C=CN(CC)C(=O)C(C)C. The van der Waals surface area contributed by atoms with Gasteiger partial charge in [-0.25, -0.2) is 0 Å². The first-order valence-electron chi connectivity index (χ1n) is 3.56. The van der Waals surface area contributed by atoms with Crippen molar-refractivity contribution in [1.82, 2.24) is 4.90 Å². The zero-order chi connectivity index (χ0) is 8.15. The van der Waals surface area contributed by atoms with Crippen LogP contribution in [0.1, 0.15) is 20.8 Å². The second-order valence-electron chi connectivity index (χ2n) is 2.46.